The second kappa shape index (κ2) is 19.2. The molecule has 2 aromatic heterocycles. The van der Waals surface area contributed by atoms with E-state index in [2.05, 4.69) is 51.7 Å². The molecule has 12 nitrogen and oxygen atoms in total. The molecule has 5 N–H and O–H groups in total. The van der Waals surface area contributed by atoms with Gasteiger partial charge < -0.3 is 35.7 Å². The fraction of sp³-hybridized carbons (Fsp3) is 0.486. The fourth-order valence-electron chi connectivity index (χ4n) is 5.21. The van der Waals surface area contributed by atoms with E-state index in [9.17, 15) is 14.4 Å². The molecule has 0 saturated carbocycles. The highest BCUT2D eigenvalue weighted by molar-refractivity contribution is 6.30. The summed E-state index contributed by atoms with van der Waals surface area (Å²) in [7, 11) is 3.42. The lowest BCUT2D eigenvalue weighted by Gasteiger charge is -2.23. The Morgan fingerprint density at radius 1 is 1.02 bits per heavy atom. The Hall–Kier alpha value is -4.26. The van der Waals surface area contributed by atoms with Gasteiger partial charge in [-0.05, 0) is 80.6 Å². The van der Waals surface area contributed by atoms with Crippen LogP contribution >= 0.6 is 11.6 Å². The van der Waals surface area contributed by atoms with Crippen molar-refractivity contribution in [3.63, 3.8) is 0 Å². The summed E-state index contributed by atoms with van der Waals surface area (Å²) < 4.78 is 11.3. The van der Waals surface area contributed by atoms with Gasteiger partial charge in [0.15, 0.2) is 0 Å². The first-order valence-electron chi connectivity index (χ1n) is 17.0. The van der Waals surface area contributed by atoms with Crippen LogP contribution in [0.3, 0.4) is 0 Å². The molecule has 0 aliphatic heterocycles. The number of hydrogen-bond acceptors (Lipinski definition) is 10. The van der Waals surface area contributed by atoms with Gasteiger partial charge in [0.05, 0.1) is 17.8 Å². The molecule has 0 aliphatic carbocycles. The van der Waals surface area contributed by atoms with Gasteiger partial charge in [0.1, 0.15) is 31.0 Å². The molecular weight excluding hydrogens is 658 g/mol. The summed E-state index contributed by atoms with van der Waals surface area (Å²) in [4.78, 5) is 51.4. The number of aromatic amines is 1. The summed E-state index contributed by atoms with van der Waals surface area (Å²) in [6.45, 7) is 16.0. The lowest BCUT2D eigenvalue weighted by Crippen LogP contribution is -2.40. The van der Waals surface area contributed by atoms with Crippen molar-refractivity contribution in [2.24, 2.45) is 11.8 Å². The first kappa shape index (κ1) is 40.2. The highest BCUT2D eigenvalue weighted by Gasteiger charge is 2.26. The number of anilines is 1. The number of rotatable bonds is 19. The van der Waals surface area contributed by atoms with Gasteiger partial charge in [-0.3, -0.25) is 9.59 Å². The van der Waals surface area contributed by atoms with Crippen molar-refractivity contribution in [3.05, 3.63) is 76.7 Å². The summed E-state index contributed by atoms with van der Waals surface area (Å²) in [6.07, 6.45) is 4.75. The Labute approximate surface area is 300 Å². The Morgan fingerprint density at radius 3 is 2.36 bits per heavy atom. The number of hydrogen-bond donors (Lipinski definition) is 5. The Balaban J connectivity index is 1.74. The van der Waals surface area contributed by atoms with Gasteiger partial charge >= 0.3 is 11.9 Å². The number of esters is 2. The molecule has 50 heavy (non-hydrogen) atoms. The molecule has 0 unspecified atom stereocenters. The zero-order valence-corrected chi connectivity index (χ0v) is 31.1. The molecule has 0 aliphatic rings. The minimum atomic E-state index is -0.688. The molecular formula is C37H52ClN7O5. The molecule has 3 aromatic rings. The maximum atomic E-state index is 13.5. The molecule has 0 saturated heterocycles. The zero-order valence-electron chi connectivity index (χ0n) is 30.4. The standard InChI is InChI=1S/C37H52ClN7O5/c1-10-28(19-49-35(47)30(39-8)14-21(2)3)43-37-42-17-23(6)32(45-37)26-16-29(41-18-26)34(46)44-31(25-12-11-13-27(38)15-25)20-50-36(48)33(40-9)24(7)22(4)5/h11-13,15-18,21-22,28,30-31,33,39-41H,7,10,14,19-20H2,1-6,8-9H3,(H,44,46)(H,42,43,45)/t28-,30-,31+,33-/m0/s1. The van der Waals surface area contributed by atoms with Gasteiger partial charge in [-0.25, -0.2) is 14.8 Å². The highest BCUT2D eigenvalue weighted by Crippen LogP contribution is 2.25. The Morgan fingerprint density at radius 2 is 1.74 bits per heavy atom. The second-order valence-corrected chi connectivity index (χ2v) is 13.5. The maximum absolute atomic E-state index is 13.5. The molecule has 0 bridgehead atoms. The summed E-state index contributed by atoms with van der Waals surface area (Å²) in [5, 5.41) is 12.7. The molecule has 2 heterocycles. The highest BCUT2D eigenvalue weighted by atomic mass is 35.5. The maximum Gasteiger partial charge on any atom is 0.327 e. The third-order valence-corrected chi connectivity index (χ3v) is 8.59. The van der Waals surface area contributed by atoms with E-state index in [0.717, 1.165) is 5.56 Å². The van der Waals surface area contributed by atoms with Gasteiger partial charge in [-0.1, -0.05) is 64.9 Å². The van der Waals surface area contributed by atoms with Crippen LogP contribution in [0.5, 0.6) is 0 Å². The van der Waals surface area contributed by atoms with E-state index >= 15 is 0 Å². The lowest BCUT2D eigenvalue weighted by molar-refractivity contribution is -0.147. The van der Waals surface area contributed by atoms with Gasteiger partial charge in [-0.2, -0.15) is 0 Å². The van der Waals surface area contributed by atoms with E-state index in [1.54, 1.807) is 56.8 Å². The van der Waals surface area contributed by atoms with Gasteiger partial charge in [0.2, 0.25) is 5.95 Å². The second-order valence-electron chi connectivity index (χ2n) is 13.0. The van der Waals surface area contributed by atoms with E-state index in [1.807, 2.05) is 27.7 Å². The Bertz CT molecular complexity index is 1610. The molecule has 13 heteroatoms. The quantitative estimate of drug-likeness (QED) is 0.0782. The predicted molar refractivity (Wildman–Crippen MR) is 197 cm³/mol. The third kappa shape index (κ3) is 11.4. The van der Waals surface area contributed by atoms with Gasteiger partial charge in [-0.15, -0.1) is 0 Å². The number of ether oxygens (including phenoxy) is 2. The average molecular weight is 710 g/mol. The van der Waals surface area contributed by atoms with Gasteiger partial charge in [0.25, 0.3) is 5.91 Å². The number of nitrogens with zero attached hydrogens (tertiary/aromatic N) is 2. The van der Waals surface area contributed by atoms with Crippen molar-refractivity contribution in [1.82, 2.24) is 30.9 Å². The first-order valence-corrected chi connectivity index (χ1v) is 17.4. The minimum Gasteiger partial charge on any atom is -0.462 e. The van der Waals surface area contributed by atoms with E-state index in [4.69, 9.17) is 26.1 Å². The van der Waals surface area contributed by atoms with Crippen molar-refractivity contribution < 1.29 is 23.9 Å². The van der Waals surface area contributed by atoms with Crippen LogP contribution in [0.4, 0.5) is 5.95 Å². The minimum absolute atomic E-state index is 0.0690. The number of carbonyl (C=O) groups is 3. The number of carbonyl (C=O) groups excluding carboxylic acids is 3. The van der Waals surface area contributed by atoms with Crippen LogP contribution in [-0.2, 0) is 19.1 Å². The predicted octanol–water partition coefficient (Wildman–Crippen LogP) is 5.62. The average Bonchev–Trinajstić information content (AvgIpc) is 3.58. The van der Waals surface area contributed by atoms with Crippen LogP contribution in [0.15, 0.2) is 54.9 Å². The van der Waals surface area contributed by atoms with Crippen molar-refractivity contribution >= 4 is 35.4 Å². The van der Waals surface area contributed by atoms with Crippen LogP contribution in [0.25, 0.3) is 11.3 Å². The number of halogens is 1. The summed E-state index contributed by atoms with van der Waals surface area (Å²) in [5.41, 5.74) is 3.77. The number of benzene rings is 1. The SMILES string of the molecule is C=C(C(C)C)[C@H](NC)C(=O)OC[C@@H](NC(=O)c1cc(-c2nc(N[C@@H](CC)COC(=O)[C@H](CC(C)C)NC)ncc2C)c[nH]1)c1cccc(Cl)c1. The Kier molecular flexibility index (Phi) is 15.4. The van der Waals surface area contributed by atoms with Crippen LogP contribution < -0.4 is 21.3 Å². The number of amides is 1. The number of nitrogens with one attached hydrogen (secondary N) is 5. The monoisotopic (exact) mass is 709 g/mol. The van der Waals surface area contributed by atoms with Crippen molar-refractivity contribution in [2.45, 2.75) is 78.6 Å². The molecule has 3 rings (SSSR count). The summed E-state index contributed by atoms with van der Waals surface area (Å²) in [6, 6.07) is 6.78. The molecule has 0 fully saturated rings. The van der Waals surface area contributed by atoms with Crippen LogP contribution in [-0.4, -0.2) is 78.2 Å². The summed E-state index contributed by atoms with van der Waals surface area (Å²) >= 11 is 6.27. The van der Waals surface area contributed by atoms with E-state index in [1.165, 1.54) is 0 Å². The number of aromatic nitrogens is 3. The molecule has 272 valence electrons. The molecule has 1 aromatic carbocycles. The van der Waals surface area contributed by atoms with E-state index in [-0.39, 0.29) is 42.9 Å². The lowest BCUT2D eigenvalue weighted by atomic mass is 9.97. The summed E-state index contributed by atoms with van der Waals surface area (Å²) in [5.74, 6) is -0.407. The first-order chi connectivity index (χ1) is 23.8. The van der Waals surface area contributed by atoms with Crippen LogP contribution in [0.1, 0.15) is 75.1 Å². The molecule has 1 amide bonds. The van der Waals surface area contributed by atoms with Crippen molar-refractivity contribution in [1.29, 1.82) is 0 Å². The normalized spacial score (nSPS) is 13.7. The van der Waals surface area contributed by atoms with E-state index < -0.39 is 24.0 Å². The number of H-pyrrole nitrogens is 1. The van der Waals surface area contributed by atoms with Crippen molar-refractivity contribution in [3.8, 4) is 11.3 Å². The zero-order chi connectivity index (χ0) is 37.0. The van der Waals surface area contributed by atoms with Crippen LogP contribution in [0.2, 0.25) is 5.02 Å². The molecule has 0 spiro atoms. The van der Waals surface area contributed by atoms with Crippen molar-refractivity contribution in [2.75, 3.05) is 32.6 Å². The largest absolute Gasteiger partial charge is 0.462 e. The fourth-order valence-corrected chi connectivity index (χ4v) is 5.41. The molecule has 0 radical (unpaired) electrons. The topological polar surface area (TPSA) is 159 Å². The van der Waals surface area contributed by atoms with E-state index in [0.29, 0.717) is 52.1 Å². The smallest absolute Gasteiger partial charge is 0.327 e. The number of likely N-dealkylation sites (N-methyl/N-ethyl adjacent to an activating group) is 2. The van der Waals surface area contributed by atoms with Crippen LogP contribution in [0, 0.1) is 18.8 Å². The van der Waals surface area contributed by atoms with Gasteiger partial charge in [0, 0.05) is 23.0 Å². The number of aryl methyl sites for hydroxylation is 1. The molecule has 4 atom stereocenters. The third-order valence-electron chi connectivity index (χ3n) is 8.35.